The fraction of sp³-hybridized carbons (Fsp3) is 0.500. The Balaban J connectivity index is 1.65. The molecule has 0 radical (unpaired) electrons. The second kappa shape index (κ2) is 9.64. The maximum atomic E-state index is 13.2. The average molecular weight is 372 g/mol. The van der Waals surface area contributed by atoms with Crippen LogP contribution in [-0.2, 0) is 26.4 Å². The van der Waals surface area contributed by atoms with Crippen LogP contribution in [0.5, 0.6) is 0 Å². The monoisotopic (exact) mass is 372 g/mol. The number of hydrogen-bond donors (Lipinski definition) is 2. The topological polar surface area (TPSA) is 77.4 Å². The van der Waals surface area contributed by atoms with Crippen molar-refractivity contribution in [2.75, 3.05) is 38.2 Å². The van der Waals surface area contributed by atoms with E-state index in [9.17, 15) is 4.79 Å². The van der Waals surface area contributed by atoms with Crippen LogP contribution in [0.25, 0.3) is 0 Å². The molecule has 7 heteroatoms. The SMILES string of the molecule is CCOCCOCc1cccc(NC(=O)C2(n3cccn3)CCNCC2)c1. The molecular weight excluding hydrogens is 344 g/mol. The lowest BCUT2D eigenvalue weighted by molar-refractivity contribution is -0.126. The van der Waals surface area contributed by atoms with Gasteiger partial charge in [-0.05, 0) is 56.6 Å². The van der Waals surface area contributed by atoms with E-state index in [2.05, 4.69) is 15.7 Å². The van der Waals surface area contributed by atoms with Crippen LogP contribution < -0.4 is 10.6 Å². The lowest BCUT2D eigenvalue weighted by Crippen LogP contribution is -2.52. The van der Waals surface area contributed by atoms with E-state index in [0.717, 1.165) is 24.3 Å². The number of carbonyl (C=O) groups excluding carboxylic acids is 1. The summed E-state index contributed by atoms with van der Waals surface area (Å²) in [5.41, 5.74) is 1.14. The molecule has 1 aliphatic heterocycles. The highest BCUT2D eigenvalue weighted by atomic mass is 16.5. The van der Waals surface area contributed by atoms with Crippen molar-refractivity contribution in [1.82, 2.24) is 15.1 Å². The molecular formula is C20H28N4O3. The zero-order chi connectivity index (χ0) is 19.0. The van der Waals surface area contributed by atoms with Crippen LogP contribution >= 0.6 is 0 Å². The summed E-state index contributed by atoms with van der Waals surface area (Å²) < 4.78 is 12.7. The molecule has 0 atom stereocenters. The number of benzene rings is 1. The van der Waals surface area contributed by atoms with Gasteiger partial charge in [0, 0.05) is 24.7 Å². The van der Waals surface area contributed by atoms with Gasteiger partial charge in [0.05, 0.1) is 19.8 Å². The highest BCUT2D eigenvalue weighted by molar-refractivity contribution is 5.96. The molecule has 146 valence electrons. The number of carbonyl (C=O) groups is 1. The van der Waals surface area contributed by atoms with Crippen LogP contribution in [0.2, 0.25) is 0 Å². The maximum absolute atomic E-state index is 13.2. The lowest BCUT2D eigenvalue weighted by atomic mass is 9.87. The largest absolute Gasteiger partial charge is 0.379 e. The number of ether oxygens (including phenoxy) is 2. The number of nitrogens with one attached hydrogen (secondary N) is 2. The molecule has 27 heavy (non-hydrogen) atoms. The van der Waals surface area contributed by atoms with Crippen molar-refractivity contribution in [2.45, 2.75) is 31.9 Å². The van der Waals surface area contributed by atoms with Gasteiger partial charge >= 0.3 is 0 Å². The molecule has 1 aliphatic rings. The number of amides is 1. The van der Waals surface area contributed by atoms with E-state index in [4.69, 9.17) is 9.47 Å². The van der Waals surface area contributed by atoms with E-state index in [1.807, 2.05) is 43.5 Å². The lowest BCUT2D eigenvalue weighted by Gasteiger charge is -2.36. The van der Waals surface area contributed by atoms with Crippen molar-refractivity contribution in [1.29, 1.82) is 0 Å². The van der Waals surface area contributed by atoms with Crippen molar-refractivity contribution in [3.8, 4) is 0 Å². The third-order valence-electron chi connectivity index (χ3n) is 4.83. The summed E-state index contributed by atoms with van der Waals surface area (Å²) in [4.78, 5) is 13.2. The van der Waals surface area contributed by atoms with Crippen LogP contribution in [0, 0.1) is 0 Å². The van der Waals surface area contributed by atoms with Crippen molar-refractivity contribution in [2.24, 2.45) is 0 Å². The van der Waals surface area contributed by atoms with Gasteiger partial charge in [0.15, 0.2) is 0 Å². The Bertz CT molecular complexity index is 712. The summed E-state index contributed by atoms with van der Waals surface area (Å²) in [6, 6.07) is 9.64. The van der Waals surface area contributed by atoms with Crippen LogP contribution in [0.1, 0.15) is 25.3 Å². The summed E-state index contributed by atoms with van der Waals surface area (Å²) in [7, 11) is 0. The van der Waals surface area contributed by atoms with Gasteiger partial charge in [0.1, 0.15) is 5.54 Å². The van der Waals surface area contributed by atoms with E-state index in [1.54, 1.807) is 10.9 Å². The first-order valence-electron chi connectivity index (χ1n) is 9.51. The summed E-state index contributed by atoms with van der Waals surface area (Å²) in [6.07, 6.45) is 5.01. The number of piperidine rings is 1. The molecule has 7 nitrogen and oxygen atoms in total. The summed E-state index contributed by atoms with van der Waals surface area (Å²) in [5, 5.41) is 10.8. The van der Waals surface area contributed by atoms with E-state index in [1.165, 1.54) is 0 Å². The fourth-order valence-corrected chi connectivity index (χ4v) is 3.36. The van der Waals surface area contributed by atoms with Gasteiger partial charge < -0.3 is 20.1 Å². The van der Waals surface area contributed by atoms with E-state index < -0.39 is 5.54 Å². The Morgan fingerprint density at radius 2 is 2.07 bits per heavy atom. The summed E-state index contributed by atoms with van der Waals surface area (Å²) in [6.45, 7) is 5.88. The van der Waals surface area contributed by atoms with Crippen LogP contribution in [0.3, 0.4) is 0 Å². The van der Waals surface area contributed by atoms with Crippen molar-refractivity contribution >= 4 is 11.6 Å². The molecule has 2 aromatic rings. The second-order valence-corrected chi connectivity index (χ2v) is 6.64. The number of aromatic nitrogens is 2. The van der Waals surface area contributed by atoms with Gasteiger partial charge in [0.2, 0.25) is 0 Å². The first-order valence-corrected chi connectivity index (χ1v) is 9.51. The van der Waals surface area contributed by atoms with E-state index in [0.29, 0.717) is 39.3 Å². The number of anilines is 1. The molecule has 1 fully saturated rings. The Morgan fingerprint density at radius 1 is 1.26 bits per heavy atom. The normalized spacial score (nSPS) is 16.2. The predicted molar refractivity (Wildman–Crippen MR) is 104 cm³/mol. The maximum Gasteiger partial charge on any atom is 0.252 e. The molecule has 0 aliphatic carbocycles. The van der Waals surface area contributed by atoms with Gasteiger partial charge in [-0.25, -0.2) is 0 Å². The minimum Gasteiger partial charge on any atom is -0.379 e. The third kappa shape index (κ3) is 4.94. The molecule has 1 amide bonds. The van der Waals surface area contributed by atoms with Crippen molar-refractivity contribution in [3.63, 3.8) is 0 Å². The van der Waals surface area contributed by atoms with Gasteiger partial charge in [-0.3, -0.25) is 9.48 Å². The minimum atomic E-state index is -0.654. The van der Waals surface area contributed by atoms with E-state index in [-0.39, 0.29) is 5.91 Å². The zero-order valence-corrected chi connectivity index (χ0v) is 15.8. The molecule has 0 saturated carbocycles. The quantitative estimate of drug-likeness (QED) is 0.660. The highest BCUT2D eigenvalue weighted by Gasteiger charge is 2.42. The number of nitrogens with zero attached hydrogens (tertiary/aromatic N) is 2. The Morgan fingerprint density at radius 3 is 2.81 bits per heavy atom. The molecule has 1 aromatic carbocycles. The van der Waals surface area contributed by atoms with Gasteiger partial charge in [-0.2, -0.15) is 5.10 Å². The molecule has 1 aromatic heterocycles. The number of hydrogen-bond acceptors (Lipinski definition) is 5. The Labute approximate surface area is 160 Å². The van der Waals surface area contributed by atoms with Crippen LogP contribution in [0.15, 0.2) is 42.7 Å². The first kappa shape index (κ1) is 19.5. The molecule has 1 saturated heterocycles. The summed E-state index contributed by atoms with van der Waals surface area (Å²) in [5.74, 6) is -0.0258. The minimum absolute atomic E-state index is 0.0258. The Kier molecular flexibility index (Phi) is 6.98. The molecule has 2 N–H and O–H groups in total. The van der Waals surface area contributed by atoms with Crippen molar-refractivity contribution in [3.05, 3.63) is 48.3 Å². The molecule has 0 unspecified atom stereocenters. The third-order valence-corrected chi connectivity index (χ3v) is 4.83. The van der Waals surface area contributed by atoms with Crippen molar-refractivity contribution < 1.29 is 14.3 Å². The van der Waals surface area contributed by atoms with Crippen LogP contribution in [-0.4, -0.2) is 48.6 Å². The Hall–Kier alpha value is -2.22. The summed E-state index contributed by atoms with van der Waals surface area (Å²) >= 11 is 0. The van der Waals surface area contributed by atoms with Gasteiger partial charge in [-0.15, -0.1) is 0 Å². The molecule has 0 spiro atoms. The van der Waals surface area contributed by atoms with Crippen LogP contribution in [0.4, 0.5) is 5.69 Å². The predicted octanol–water partition coefficient (Wildman–Crippen LogP) is 2.15. The molecule has 0 bridgehead atoms. The average Bonchev–Trinajstić information content (AvgIpc) is 3.24. The molecule has 3 rings (SSSR count). The first-order chi connectivity index (χ1) is 13.2. The highest BCUT2D eigenvalue weighted by Crippen LogP contribution is 2.29. The standard InChI is InChI=1S/C20H28N4O3/c1-2-26-13-14-27-16-17-5-3-6-18(15-17)23-19(25)20(7-10-21-11-8-20)24-12-4-9-22-24/h3-6,9,12,15,21H,2,7-8,10-11,13-14,16H2,1H3,(H,23,25). The van der Waals surface area contributed by atoms with Gasteiger partial charge in [-0.1, -0.05) is 12.1 Å². The fourth-order valence-electron chi connectivity index (χ4n) is 3.36. The molecule has 2 heterocycles. The van der Waals surface area contributed by atoms with Gasteiger partial charge in [0.25, 0.3) is 5.91 Å². The second-order valence-electron chi connectivity index (χ2n) is 6.64. The zero-order valence-electron chi connectivity index (χ0n) is 15.8. The smallest absolute Gasteiger partial charge is 0.252 e. The van der Waals surface area contributed by atoms with E-state index >= 15 is 0 Å². The number of rotatable bonds is 9.